The quantitative estimate of drug-likeness (QED) is 0.377. The topological polar surface area (TPSA) is 43.8 Å². The fraction of sp³-hybridized carbons (Fsp3) is 0.348. The normalized spacial score (nSPS) is 11.0. The molecule has 0 aliphatic heterocycles. The molecule has 0 fully saturated rings. The van der Waals surface area contributed by atoms with Crippen molar-refractivity contribution in [3.8, 4) is 22.8 Å². The average molecular weight is 506 g/mol. The number of methoxy groups -OCH3 is 3. The van der Waals surface area contributed by atoms with Gasteiger partial charge in [0.25, 0.3) is 0 Å². The Morgan fingerprint density at radius 2 is 1.59 bits per heavy atom. The molecular formula is C23H27IN2O3. The molecule has 0 aliphatic rings. The molecule has 0 amide bonds. The fourth-order valence-electron chi connectivity index (χ4n) is 3.62. The van der Waals surface area contributed by atoms with Gasteiger partial charge in [0.05, 0.1) is 37.6 Å². The largest absolute Gasteiger partial charge is 0.496 e. The van der Waals surface area contributed by atoms with E-state index in [0.717, 1.165) is 55.9 Å². The number of anilines is 1. The molecule has 0 N–H and O–H groups in total. The lowest BCUT2D eigenvalue weighted by molar-refractivity contribution is 0.184. The van der Waals surface area contributed by atoms with Crippen LogP contribution in [0.4, 0.5) is 5.69 Å². The number of aromatic nitrogens is 1. The van der Waals surface area contributed by atoms with Gasteiger partial charge in [0, 0.05) is 34.8 Å². The smallest absolute Gasteiger partial charge is 0.132 e. The second-order valence-corrected chi connectivity index (χ2v) is 7.80. The SMILES string of the molecule is CCN(CC)c1ccc(I)c2nc(-c3c(OC)cc(COC)cc3OC)ccc12. The van der Waals surface area contributed by atoms with E-state index in [-0.39, 0.29) is 0 Å². The summed E-state index contributed by atoms with van der Waals surface area (Å²) in [6.45, 7) is 6.75. The third-order valence-corrected chi connectivity index (χ3v) is 5.89. The number of halogens is 1. The summed E-state index contributed by atoms with van der Waals surface area (Å²) in [7, 11) is 5.00. The molecule has 6 heteroatoms. The third kappa shape index (κ3) is 4.28. The van der Waals surface area contributed by atoms with E-state index in [1.165, 1.54) is 5.69 Å². The molecule has 0 radical (unpaired) electrons. The minimum Gasteiger partial charge on any atom is -0.496 e. The van der Waals surface area contributed by atoms with Crippen molar-refractivity contribution < 1.29 is 14.2 Å². The highest BCUT2D eigenvalue weighted by Gasteiger charge is 2.18. The van der Waals surface area contributed by atoms with Crippen LogP contribution in [-0.2, 0) is 11.3 Å². The van der Waals surface area contributed by atoms with Crippen LogP contribution in [0, 0.1) is 3.57 Å². The van der Waals surface area contributed by atoms with Gasteiger partial charge in [-0.25, -0.2) is 4.98 Å². The van der Waals surface area contributed by atoms with Crippen molar-refractivity contribution >= 4 is 39.2 Å². The van der Waals surface area contributed by atoms with Crippen LogP contribution < -0.4 is 14.4 Å². The molecule has 0 aliphatic carbocycles. The monoisotopic (exact) mass is 506 g/mol. The van der Waals surface area contributed by atoms with Gasteiger partial charge in [-0.3, -0.25) is 0 Å². The van der Waals surface area contributed by atoms with Gasteiger partial charge in [-0.15, -0.1) is 0 Å². The minimum absolute atomic E-state index is 0.489. The Morgan fingerprint density at radius 3 is 2.14 bits per heavy atom. The van der Waals surface area contributed by atoms with Crippen LogP contribution in [-0.4, -0.2) is 39.4 Å². The summed E-state index contributed by atoms with van der Waals surface area (Å²) in [5.74, 6) is 1.44. The standard InChI is InChI=1S/C23H27IN2O3/c1-6-26(7-2)19-11-9-17(24)23-16(19)8-10-18(25-23)22-20(28-4)12-15(14-27-3)13-21(22)29-5/h8-13H,6-7,14H2,1-5H3. The molecule has 2 aromatic carbocycles. The maximum Gasteiger partial charge on any atom is 0.132 e. The Hall–Kier alpha value is -2.06. The Balaban J connectivity index is 2.22. The molecule has 0 atom stereocenters. The van der Waals surface area contributed by atoms with Crippen LogP contribution in [0.25, 0.3) is 22.2 Å². The maximum absolute atomic E-state index is 5.68. The van der Waals surface area contributed by atoms with Crippen LogP contribution in [0.15, 0.2) is 36.4 Å². The van der Waals surface area contributed by atoms with Crippen molar-refractivity contribution in [1.82, 2.24) is 4.98 Å². The Bertz CT molecular complexity index is 978. The van der Waals surface area contributed by atoms with Gasteiger partial charge >= 0.3 is 0 Å². The summed E-state index contributed by atoms with van der Waals surface area (Å²) in [6, 6.07) is 12.5. The van der Waals surface area contributed by atoms with Crippen molar-refractivity contribution in [2.45, 2.75) is 20.5 Å². The molecule has 0 saturated heterocycles. The van der Waals surface area contributed by atoms with E-state index in [4.69, 9.17) is 19.2 Å². The van der Waals surface area contributed by atoms with Crippen molar-refractivity contribution in [1.29, 1.82) is 0 Å². The van der Waals surface area contributed by atoms with E-state index < -0.39 is 0 Å². The summed E-state index contributed by atoms with van der Waals surface area (Å²) < 4.78 is 17.8. The molecule has 29 heavy (non-hydrogen) atoms. The summed E-state index contributed by atoms with van der Waals surface area (Å²) in [5.41, 5.74) is 4.85. The molecule has 0 unspecified atom stereocenters. The van der Waals surface area contributed by atoms with E-state index in [9.17, 15) is 0 Å². The number of ether oxygens (including phenoxy) is 3. The summed E-state index contributed by atoms with van der Waals surface area (Å²) in [5, 5.41) is 1.15. The van der Waals surface area contributed by atoms with Crippen LogP contribution in [0.5, 0.6) is 11.5 Å². The van der Waals surface area contributed by atoms with Gasteiger partial charge in [-0.1, -0.05) is 0 Å². The van der Waals surface area contributed by atoms with Crippen molar-refractivity contribution in [3.05, 3.63) is 45.5 Å². The van der Waals surface area contributed by atoms with E-state index >= 15 is 0 Å². The number of fused-ring (bicyclic) bond motifs is 1. The summed E-state index contributed by atoms with van der Waals surface area (Å²) >= 11 is 2.35. The molecule has 3 aromatic rings. The predicted octanol–water partition coefficient (Wildman–Crippen LogP) is 5.52. The highest BCUT2D eigenvalue weighted by atomic mass is 127. The Morgan fingerprint density at radius 1 is 0.931 bits per heavy atom. The van der Waals surface area contributed by atoms with Gasteiger partial charge in [0.1, 0.15) is 11.5 Å². The first-order chi connectivity index (χ1) is 14.1. The highest BCUT2D eigenvalue weighted by molar-refractivity contribution is 14.1. The predicted molar refractivity (Wildman–Crippen MR) is 127 cm³/mol. The Labute approximate surface area is 186 Å². The van der Waals surface area contributed by atoms with Gasteiger partial charge in [0.2, 0.25) is 0 Å². The third-order valence-electron chi connectivity index (χ3n) is 5.02. The lowest BCUT2D eigenvalue weighted by atomic mass is 10.0. The second-order valence-electron chi connectivity index (χ2n) is 6.64. The number of rotatable bonds is 8. The number of hydrogen-bond acceptors (Lipinski definition) is 5. The first kappa shape index (κ1) is 21.6. The van der Waals surface area contributed by atoms with Crippen LogP contribution in [0.3, 0.4) is 0 Å². The zero-order valence-corrected chi connectivity index (χ0v) is 19.7. The molecule has 0 spiro atoms. The fourth-order valence-corrected chi connectivity index (χ4v) is 4.21. The number of pyridine rings is 1. The number of hydrogen-bond donors (Lipinski definition) is 0. The summed E-state index contributed by atoms with van der Waals surface area (Å²) in [6.07, 6.45) is 0. The second kappa shape index (κ2) is 9.63. The zero-order valence-electron chi connectivity index (χ0n) is 17.6. The van der Waals surface area contributed by atoms with E-state index in [1.807, 2.05) is 18.2 Å². The molecule has 1 heterocycles. The highest BCUT2D eigenvalue weighted by Crippen LogP contribution is 2.40. The van der Waals surface area contributed by atoms with Crippen LogP contribution >= 0.6 is 22.6 Å². The van der Waals surface area contributed by atoms with Crippen LogP contribution in [0.1, 0.15) is 19.4 Å². The van der Waals surface area contributed by atoms with Crippen LogP contribution in [0.2, 0.25) is 0 Å². The molecule has 1 aromatic heterocycles. The first-order valence-electron chi connectivity index (χ1n) is 9.66. The maximum atomic E-state index is 5.68. The van der Waals surface area contributed by atoms with Gasteiger partial charge in [-0.05, 0) is 78.4 Å². The lowest BCUT2D eigenvalue weighted by Gasteiger charge is -2.23. The molecule has 154 valence electrons. The molecule has 0 saturated carbocycles. The Kier molecular flexibility index (Phi) is 7.18. The van der Waals surface area contributed by atoms with Crippen molar-refractivity contribution in [2.75, 3.05) is 39.3 Å². The molecule has 3 rings (SSSR count). The van der Waals surface area contributed by atoms with Crippen molar-refractivity contribution in [2.24, 2.45) is 0 Å². The molecule has 5 nitrogen and oxygen atoms in total. The van der Waals surface area contributed by atoms with Gasteiger partial charge in [-0.2, -0.15) is 0 Å². The number of benzene rings is 2. The van der Waals surface area contributed by atoms with E-state index in [0.29, 0.717) is 6.61 Å². The average Bonchev–Trinajstić information content (AvgIpc) is 2.75. The van der Waals surface area contributed by atoms with Crippen molar-refractivity contribution in [3.63, 3.8) is 0 Å². The zero-order chi connectivity index (χ0) is 21.0. The van der Waals surface area contributed by atoms with Gasteiger partial charge in [0.15, 0.2) is 0 Å². The van der Waals surface area contributed by atoms with E-state index in [1.54, 1.807) is 21.3 Å². The molecular weight excluding hydrogens is 479 g/mol. The first-order valence-corrected chi connectivity index (χ1v) is 10.7. The summed E-state index contributed by atoms with van der Waals surface area (Å²) in [4.78, 5) is 7.37. The molecule has 0 bridgehead atoms. The number of nitrogens with zero attached hydrogens (tertiary/aromatic N) is 2. The lowest BCUT2D eigenvalue weighted by Crippen LogP contribution is -2.22. The van der Waals surface area contributed by atoms with Gasteiger partial charge < -0.3 is 19.1 Å². The minimum atomic E-state index is 0.489. The van der Waals surface area contributed by atoms with E-state index in [2.05, 4.69) is 59.5 Å².